The van der Waals surface area contributed by atoms with E-state index in [9.17, 15) is 9.59 Å². The van der Waals surface area contributed by atoms with Crippen LogP contribution in [0.1, 0.15) is 52.4 Å². The van der Waals surface area contributed by atoms with Crippen LogP contribution < -0.4 is 20.7 Å². The van der Waals surface area contributed by atoms with Crippen LogP contribution in [0.4, 0.5) is 11.4 Å². The molecule has 1 aromatic carbocycles. The Hall–Kier alpha value is -2.24. The number of ether oxygens (including phenoxy) is 1. The highest BCUT2D eigenvalue weighted by Gasteiger charge is 2.51. The second-order valence-electron chi connectivity index (χ2n) is 9.51. The Labute approximate surface area is 165 Å². The van der Waals surface area contributed by atoms with Crippen molar-refractivity contribution in [1.29, 1.82) is 0 Å². The first-order valence-corrected chi connectivity index (χ1v) is 10.6. The Balaban J connectivity index is 1.25. The van der Waals surface area contributed by atoms with E-state index < -0.39 is 6.10 Å². The third-order valence-electron chi connectivity index (χ3n) is 7.11. The molecule has 1 heterocycles. The van der Waals surface area contributed by atoms with E-state index in [0.717, 1.165) is 42.7 Å². The average Bonchev–Trinajstić information content (AvgIpc) is 2.61. The van der Waals surface area contributed by atoms with Gasteiger partial charge in [-0.2, -0.15) is 0 Å². The molecule has 4 saturated carbocycles. The van der Waals surface area contributed by atoms with E-state index in [1.807, 2.05) is 25.1 Å². The van der Waals surface area contributed by atoms with Crippen LogP contribution in [0.2, 0.25) is 0 Å². The summed E-state index contributed by atoms with van der Waals surface area (Å²) in [6.45, 7) is 3.62. The van der Waals surface area contributed by atoms with Crippen LogP contribution in [-0.4, -0.2) is 29.5 Å². The zero-order valence-electron chi connectivity index (χ0n) is 16.6. The summed E-state index contributed by atoms with van der Waals surface area (Å²) in [5.74, 6) is 2.98. The highest BCUT2D eigenvalue weighted by atomic mass is 16.5. The molecule has 6 rings (SSSR count). The molecule has 6 nitrogen and oxygen atoms in total. The number of nitrogens with one attached hydrogen (secondary N) is 3. The maximum atomic E-state index is 12.9. The molecule has 4 bridgehead atoms. The first-order valence-electron chi connectivity index (χ1n) is 10.6. The predicted molar refractivity (Wildman–Crippen MR) is 107 cm³/mol. The van der Waals surface area contributed by atoms with Crippen molar-refractivity contribution >= 4 is 23.2 Å². The first-order chi connectivity index (χ1) is 13.4. The van der Waals surface area contributed by atoms with Crippen molar-refractivity contribution in [3.8, 4) is 5.75 Å². The zero-order chi connectivity index (χ0) is 19.5. The fourth-order valence-corrected chi connectivity index (χ4v) is 6.25. The summed E-state index contributed by atoms with van der Waals surface area (Å²) in [7, 11) is 0. The van der Waals surface area contributed by atoms with E-state index in [-0.39, 0.29) is 23.4 Å². The number of rotatable bonds is 4. The summed E-state index contributed by atoms with van der Waals surface area (Å²) in [6, 6.07) is 5.20. The molecule has 4 aliphatic carbocycles. The molecular formula is C22H29N3O3. The fraction of sp³-hybridized carbons (Fsp3) is 0.636. The molecule has 5 aliphatic rings. The number of carbonyl (C=O) groups is 2. The molecule has 6 heteroatoms. The van der Waals surface area contributed by atoms with Crippen molar-refractivity contribution in [2.75, 3.05) is 10.6 Å². The van der Waals surface area contributed by atoms with E-state index in [1.165, 1.54) is 19.3 Å². The molecule has 2 amide bonds. The SMILES string of the molecule is C[C@H](Nc1ccc2c(c1)NC(=O)[C@H](C)O2)C(=O)NC12CC3CC(CC(C3)C1)C2. The highest BCUT2D eigenvalue weighted by molar-refractivity contribution is 5.98. The normalized spacial score (nSPS) is 36.1. The van der Waals surface area contributed by atoms with Gasteiger partial charge in [0.2, 0.25) is 5.91 Å². The van der Waals surface area contributed by atoms with E-state index in [0.29, 0.717) is 11.4 Å². The van der Waals surface area contributed by atoms with Gasteiger partial charge in [-0.25, -0.2) is 0 Å². The summed E-state index contributed by atoms with van der Waals surface area (Å²) in [6.07, 6.45) is 7.06. The van der Waals surface area contributed by atoms with Crippen LogP contribution in [0.3, 0.4) is 0 Å². The fourth-order valence-electron chi connectivity index (χ4n) is 6.25. The van der Waals surface area contributed by atoms with E-state index in [2.05, 4.69) is 16.0 Å². The van der Waals surface area contributed by atoms with Gasteiger partial charge < -0.3 is 20.7 Å². The van der Waals surface area contributed by atoms with Gasteiger partial charge >= 0.3 is 0 Å². The molecule has 1 aliphatic heterocycles. The molecule has 2 atom stereocenters. The van der Waals surface area contributed by atoms with Crippen molar-refractivity contribution < 1.29 is 14.3 Å². The minimum atomic E-state index is -0.490. The van der Waals surface area contributed by atoms with Crippen molar-refractivity contribution in [2.24, 2.45) is 17.8 Å². The van der Waals surface area contributed by atoms with E-state index in [4.69, 9.17) is 4.74 Å². The molecule has 0 saturated heterocycles. The second-order valence-corrected chi connectivity index (χ2v) is 9.51. The van der Waals surface area contributed by atoms with Crippen molar-refractivity contribution in [3.63, 3.8) is 0 Å². The molecule has 4 fully saturated rings. The molecule has 1 aromatic rings. The molecular weight excluding hydrogens is 354 g/mol. The molecule has 28 heavy (non-hydrogen) atoms. The van der Waals surface area contributed by atoms with Gasteiger partial charge in [-0.3, -0.25) is 9.59 Å². The van der Waals surface area contributed by atoms with Gasteiger partial charge in [0.05, 0.1) is 5.69 Å². The number of benzene rings is 1. The van der Waals surface area contributed by atoms with E-state index >= 15 is 0 Å². The topological polar surface area (TPSA) is 79.5 Å². The Morgan fingerprint density at radius 3 is 2.46 bits per heavy atom. The maximum absolute atomic E-state index is 12.9. The highest BCUT2D eigenvalue weighted by Crippen LogP contribution is 2.55. The lowest BCUT2D eigenvalue weighted by molar-refractivity contribution is -0.127. The minimum Gasteiger partial charge on any atom is -0.479 e. The Kier molecular flexibility index (Phi) is 4.07. The summed E-state index contributed by atoms with van der Waals surface area (Å²) >= 11 is 0. The van der Waals surface area contributed by atoms with Crippen LogP contribution in [-0.2, 0) is 9.59 Å². The Morgan fingerprint density at radius 1 is 1.18 bits per heavy atom. The van der Waals surface area contributed by atoms with Crippen LogP contribution in [0.25, 0.3) is 0 Å². The molecule has 0 unspecified atom stereocenters. The standard InChI is InChI=1S/C22H29N3O3/c1-12(23-17-3-4-19-18(8-17)24-21(27)13(2)28-19)20(26)25-22-9-14-5-15(10-22)7-16(6-14)11-22/h3-4,8,12-16,23H,5-7,9-11H2,1-2H3,(H,24,27)(H,25,26)/t12-,13-,14?,15?,16?,22?/m0/s1. The van der Waals surface area contributed by atoms with Gasteiger partial charge in [0.15, 0.2) is 6.10 Å². The first kappa shape index (κ1) is 17.8. The summed E-state index contributed by atoms with van der Waals surface area (Å²) in [5.41, 5.74) is 1.46. The summed E-state index contributed by atoms with van der Waals surface area (Å²) in [5, 5.41) is 9.56. The predicted octanol–water partition coefficient (Wildman–Crippen LogP) is 3.29. The summed E-state index contributed by atoms with van der Waals surface area (Å²) < 4.78 is 5.59. The second kappa shape index (κ2) is 6.39. The van der Waals surface area contributed by atoms with Crippen LogP contribution >= 0.6 is 0 Å². The zero-order valence-corrected chi connectivity index (χ0v) is 16.6. The Bertz CT molecular complexity index is 786. The number of hydrogen-bond donors (Lipinski definition) is 3. The third-order valence-corrected chi connectivity index (χ3v) is 7.11. The Morgan fingerprint density at radius 2 is 1.82 bits per heavy atom. The van der Waals surface area contributed by atoms with Gasteiger partial charge in [-0.1, -0.05) is 0 Å². The van der Waals surface area contributed by atoms with Gasteiger partial charge in [0.25, 0.3) is 5.91 Å². The molecule has 0 spiro atoms. The van der Waals surface area contributed by atoms with Crippen molar-refractivity contribution in [3.05, 3.63) is 18.2 Å². The van der Waals surface area contributed by atoms with Crippen LogP contribution in [0.15, 0.2) is 18.2 Å². The largest absolute Gasteiger partial charge is 0.479 e. The molecule has 0 radical (unpaired) electrons. The van der Waals surface area contributed by atoms with Crippen molar-refractivity contribution in [1.82, 2.24) is 5.32 Å². The number of hydrogen-bond acceptors (Lipinski definition) is 4. The molecule has 3 N–H and O–H groups in total. The van der Waals surface area contributed by atoms with Crippen LogP contribution in [0.5, 0.6) is 5.75 Å². The smallest absolute Gasteiger partial charge is 0.265 e. The third kappa shape index (κ3) is 3.12. The number of fused-ring (bicyclic) bond motifs is 1. The monoisotopic (exact) mass is 383 g/mol. The number of anilines is 2. The van der Waals surface area contributed by atoms with Crippen LogP contribution in [0, 0.1) is 17.8 Å². The lowest BCUT2D eigenvalue weighted by atomic mass is 9.53. The van der Waals surface area contributed by atoms with E-state index in [1.54, 1.807) is 6.92 Å². The maximum Gasteiger partial charge on any atom is 0.265 e. The van der Waals surface area contributed by atoms with Gasteiger partial charge in [-0.05, 0) is 88.3 Å². The average molecular weight is 383 g/mol. The number of amides is 2. The summed E-state index contributed by atoms with van der Waals surface area (Å²) in [4.78, 5) is 24.8. The minimum absolute atomic E-state index is 0.0234. The molecule has 150 valence electrons. The lowest BCUT2D eigenvalue weighted by Crippen LogP contribution is -2.61. The van der Waals surface area contributed by atoms with Gasteiger partial charge in [0, 0.05) is 11.2 Å². The lowest BCUT2D eigenvalue weighted by Gasteiger charge is -2.57. The van der Waals surface area contributed by atoms with Gasteiger partial charge in [0.1, 0.15) is 11.8 Å². The molecule has 0 aromatic heterocycles. The van der Waals surface area contributed by atoms with Crippen molar-refractivity contribution in [2.45, 2.75) is 70.1 Å². The quantitative estimate of drug-likeness (QED) is 0.745. The van der Waals surface area contributed by atoms with Gasteiger partial charge in [-0.15, -0.1) is 0 Å². The number of carbonyl (C=O) groups excluding carboxylic acids is 2.